The van der Waals surface area contributed by atoms with E-state index in [0.717, 1.165) is 49.7 Å². The van der Waals surface area contributed by atoms with Crippen LogP contribution in [-0.2, 0) is 75.0 Å². The lowest BCUT2D eigenvalue weighted by atomic mass is 9.87. The van der Waals surface area contributed by atoms with Crippen molar-refractivity contribution in [3.63, 3.8) is 0 Å². The molecule has 27 heteroatoms. The third-order valence-corrected chi connectivity index (χ3v) is 22.4. The number of fused-ring (bicyclic) bond motifs is 4. The Morgan fingerprint density at radius 3 is 1.60 bits per heavy atom. The zero-order valence-electron chi connectivity index (χ0n) is 63.3. The number of nitrogens with two attached hydrogens (primary N) is 1. The van der Waals surface area contributed by atoms with Crippen molar-refractivity contribution in [3.05, 3.63) is 118 Å². The molecule has 2 unspecified atom stereocenters. The normalized spacial score (nSPS) is 27.6. The number of ether oxygens (including phenoxy) is 3. The van der Waals surface area contributed by atoms with E-state index in [0.29, 0.717) is 87.7 Å². The summed E-state index contributed by atoms with van der Waals surface area (Å²) in [5.41, 5.74) is 3.96. The molecule has 14 atom stereocenters. The van der Waals surface area contributed by atoms with Crippen molar-refractivity contribution in [1.29, 1.82) is 0 Å². The molecule has 10 aliphatic rings. The number of halogens is 2. The molecule has 8 amide bonds. The lowest BCUT2D eigenvalue weighted by Crippen LogP contribution is -2.64. The minimum atomic E-state index is -1.08. The highest BCUT2D eigenvalue weighted by molar-refractivity contribution is 6.31. The van der Waals surface area contributed by atoms with Gasteiger partial charge in [-0.05, 0) is 169 Å². The molecule has 594 valence electrons. The van der Waals surface area contributed by atoms with Gasteiger partial charge in [-0.25, -0.2) is 9.59 Å². The molecule has 0 radical (unpaired) electrons. The third kappa shape index (κ3) is 19.6. The van der Waals surface area contributed by atoms with Gasteiger partial charge in [0.2, 0.25) is 23.6 Å². The number of rotatable bonds is 12. The highest BCUT2D eigenvalue weighted by atomic mass is 35.5. The van der Waals surface area contributed by atoms with E-state index in [1.165, 1.54) is 16.9 Å². The fourth-order valence-corrected chi connectivity index (χ4v) is 16.9. The van der Waals surface area contributed by atoms with E-state index >= 15 is 0 Å². The molecule has 6 saturated heterocycles. The first-order valence-corrected chi connectivity index (χ1v) is 38.1. The van der Waals surface area contributed by atoms with E-state index < -0.39 is 64.5 Å². The number of likely N-dealkylation sites (N-methyl/N-ethyl adjacent to an activating group) is 1. The quantitative estimate of drug-likeness (QED) is 0.113. The van der Waals surface area contributed by atoms with Crippen LogP contribution in [0.1, 0.15) is 179 Å². The predicted octanol–water partition coefficient (Wildman–Crippen LogP) is 10.9. The van der Waals surface area contributed by atoms with Crippen LogP contribution < -0.4 is 5.73 Å². The minimum Gasteiger partial charge on any atom is -0.480 e. The summed E-state index contributed by atoms with van der Waals surface area (Å²) in [4.78, 5) is 160. The number of hydrogen-bond donors (Lipinski definition) is 2. The second-order valence-corrected chi connectivity index (χ2v) is 31.7. The van der Waals surface area contributed by atoms with Crippen molar-refractivity contribution in [2.45, 2.75) is 258 Å². The number of carboxylic acids is 1. The van der Waals surface area contributed by atoms with Crippen LogP contribution in [0.15, 0.2) is 97.1 Å². The number of hydrogen-bond acceptors (Lipinski definition) is 16. The molecule has 3 N–H and O–H groups in total. The maximum atomic E-state index is 14.5. The smallest absolute Gasteiger partial charge is 0.411 e. The first-order valence-electron chi connectivity index (χ1n) is 37.3. The van der Waals surface area contributed by atoms with Gasteiger partial charge in [-0.2, -0.15) is 9.59 Å². The Hall–Kier alpha value is -8.38. The first-order chi connectivity index (χ1) is 50.2. The van der Waals surface area contributed by atoms with Crippen LogP contribution in [-0.4, -0.2) is 233 Å². The fourth-order valence-electron chi connectivity index (χ4n) is 16.5. The van der Waals surface area contributed by atoms with E-state index in [2.05, 4.69) is 32.1 Å². The molecule has 0 aromatic heterocycles. The molecule has 108 heavy (non-hydrogen) atoms. The largest absolute Gasteiger partial charge is 0.480 e. The van der Waals surface area contributed by atoms with Crippen molar-refractivity contribution in [3.8, 4) is 0 Å². The molecular weight excluding hydrogens is 1430 g/mol. The number of carboxylic acid groups (broad SMARTS) is 1. The maximum Gasteiger partial charge on any atom is 0.411 e. The second-order valence-electron chi connectivity index (χ2n) is 30.9. The SMILES string of the molecule is C.C.CC[C@@H]1C=C[C@H]2CCN(C(=O)OC(C)(C)C)[C@@H]2C(=O)N1CC(=O)OC.CC[C@@H]1C=C[C@H]2CCN(C(=O)[C@@H]3CC[C@H]4C=C[C@]5(CCCN5C(=O)C(C)Cc5ccccc5Cl)C(=O)N43)C2C(=O)N1CC.C[C@@H]1CC[C@H]2C=C[C@]3(CCCN3C(=O)OC(C)(C)C)C(=O)N12.N[C@@H](Cc1ccccc1Cl)C(=O)O.O=C=O. The highest BCUT2D eigenvalue weighted by Crippen LogP contribution is 2.45. The molecule has 2 aromatic carbocycles. The molecule has 6 fully saturated rings. The zero-order valence-corrected chi connectivity index (χ0v) is 64.8. The first kappa shape index (κ1) is 88.5. The number of amides is 8. The molecular formula is C81H115Cl2N9O16. The summed E-state index contributed by atoms with van der Waals surface area (Å²) in [6.45, 7) is 23.5. The van der Waals surface area contributed by atoms with Crippen LogP contribution in [0.25, 0.3) is 0 Å². The summed E-state index contributed by atoms with van der Waals surface area (Å²) in [7, 11) is 1.30. The monoisotopic (exact) mass is 1540 g/mol. The van der Waals surface area contributed by atoms with Crippen molar-refractivity contribution in [2.75, 3.05) is 46.4 Å². The summed E-state index contributed by atoms with van der Waals surface area (Å²) in [5.74, 6) is -2.41. The van der Waals surface area contributed by atoms with Gasteiger partial charge in [0.15, 0.2) is 0 Å². The average Bonchev–Trinajstić information content (AvgIpc) is 1.57. The molecule has 12 rings (SSSR count). The van der Waals surface area contributed by atoms with Crippen LogP contribution >= 0.6 is 23.2 Å². The number of carbonyl (C=O) groups excluding carboxylic acids is 11. The van der Waals surface area contributed by atoms with E-state index in [-0.39, 0.29) is 123 Å². The van der Waals surface area contributed by atoms with E-state index in [4.69, 9.17) is 57.8 Å². The van der Waals surface area contributed by atoms with Gasteiger partial charge in [0, 0.05) is 72.6 Å². The fraction of sp³-hybridized carbons (Fsp3) is 0.617. The van der Waals surface area contributed by atoms with Crippen molar-refractivity contribution < 1.29 is 76.9 Å². The number of aliphatic carboxylic acids is 1. The van der Waals surface area contributed by atoms with Crippen LogP contribution in [0.4, 0.5) is 9.59 Å². The standard InChI is InChI=1S/C34H43ClN4O4.C18H28N2O5.C17H26N2O3.C9H10ClNO2.CO2.2CH4/c1-4-25-12-11-23-16-20-37(29(23)32(42)36(25)5-2)31(41)28-14-13-26-15-18-34(33(43)39(26)28)17-8-19-38(34)30(40)22(3)21-24-9-6-7-10-27(24)35;1-6-13-8-7-12-9-10-19(17(23)25-18(2,3)4)15(12)16(22)20(13)11-14(21)24-5;1-12-6-7-13-8-10-17(14(20)19(12)13)9-5-11-18(17)15(21)22-16(2,3)4;10-7-4-2-1-3-6(7)5-8(11)9(12)13;2-1-3;;/h6-7,9-12,15,18,22-23,25-26,28-29H,4-5,8,13-14,16-17,19-21H2,1-3H3;7-8,12-13,15H,6,9-11H2,1-5H3;8,10,12-13H,5-7,9,11H2,1-4H3;1-4,8H,5,11H2,(H,12,13);;2*1H4/t22?,23-,25+,26-,28-,29?,34+;12-,13+,15-;12-,13+,17-;8-;;;/m0010.../s1. The Morgan fingerprint density at radius 2 is 1.08 bits per heavy atom. The van der Waals surface area contributed by atoms with Crippen molar-refractivity contribution >= 4 is 88.9 Å². The number of likely N-dealkylation sites (tertiary alicyclic amines) is 4. The van der Waals surface area contributed by atoms with Crippen LogP contribution in [0, 0.1) is 17.8 Å². The molecule has 0 bridgehead atoms. The van der Waals surface area contributed by atoms with Crippen LogP contribution in [0.3, 0.4) is 0 Å². The van der Waals surface area contributed by atoms with E-state index in [1.807, 2.05) is 106 Å². The predicted molar refractivity (Wildman–Crippen MR) is 409 cm³/mol. The van der Waals surface area contributed by atoms with Gasteiger partial charge in [-0.15, -0.1) is 0 Å². The van der Waals surface area contributed by atoms with Gasteiger partial charge in [0.05, 0.1) is 25.2 Å². The molecule has 2 aromatic rings. The molecule has 0 saturated carbocycles. The summed E-state index contributed by atoms with van der Waals surface area (Å²) >= 11 is 12.2. The molecule has 0 aliphatic carbocycles. The third-order valence-electron chi connectivity index (χ3n) is 21.7. The number of nitrogens with zero attached hydrogens (tertiary/aromatic N) is 8. The van der Waals surface area contributed by atoms with E-state index in [9.17, 15) is 47.9 Å². The van der Waals surface area contributed by atoms with Crippen LogP contribution in [0.2, 0.25) is 10.0 Å². The summed E-state index contributed by atoms with van der Waals surface area (Å²) < 4.78 is 15.7. The maximum absolute atomic E-state index is 14.5. The summed E-state index contributed by atoms with van der Waals surface area (Å²) in [6.07, 6.45) is 25.5. The lowest BCUT2D eigenvalue weighted by molar-refractivity contribution is -0.192. The van der Waals surface area contributed by atoms with Gasteiger partial charge in [0.1, 0.15) is 53.0 Å². The Kier molecular flexibility index (Phi) is 31.0. The number of esters is 1. The Morgan fingerprint density at radius 1 is 0.620 bits per heavy atom. The lowest BCUT2D eigenvalue weighted by Gasteiger charge is -2.45. The number of carbonyl (C=O) groups is 10. The Bertz CT molecular complexity index is 3730. The van der Waals surface area contributed by atoms with Gasteiger partial charge in [0.25, 0.3) is 11.8 Å². The number of benzene rings is 2. The molecule has 2 spiro atoms. The van der Waals surface area contributed by atoms with Gasteiger partial charge < -0.3 is 54.5 Å². The van der Waals surface area contributed by atoms with Crippen molar-refractivity contribution in [2.24, 2.45) is 23.5 Å². The van der Waals surface area contributed by atoms with Gasteiger partial charge >= 0.3 is 30.3 Å². The second kappa shape index (κ2) is 37.8. The molecule has 10 heterocycles. The summed E-state index contributed by atoms with van der Waals surface area (Å²) in [5, 5.41) is 9.75. The molecule has 10 aliphatic heterocycles. The van der Waals surface area contributed by atoms with Crippen LogP contribution in [0.5, 0.6) is 0 Å². The van der Waals surface area contributed by atoms with E-state index in [1.54, 1.807) is 64.6 Å². The summed E-state index contributed by atoms with van der Waals surface area (Å²) in [6, 6.07) is 12.1. The topological polar surface area (TPSA) is 305 Å². The number of methoxy groups -OCH3 is 1. The average molecular weight is 1540 g/mol. The van der Waals surface area contributed by atoms with Crippen molar-refractivity contribution in [1.82, 2.24) is 39.2 Å². The Labute approximate surface area is 647 Å². The zero-order chi connectivity index (χ0) is 77.9. The Balaban J connectivity index is 0.000000240. The molecule has 25 nitrogen and oxygen atoms in total. The van der Waals surface area contributed by atoms with Gasteiger partial charge in [-0.3, -0.25) is 48.2 Å². The highest BCUT2D eigenvalue weighted by Gasteiger charge is 2.59. The van der Waals surface area contributed by atoms with Gasteiger partial charge in [-0.1, -0.05) is 144 Å². The minimum absolute atomic E-state index is 0.